The minimum absolute atomic E-state index is 0.308. The van der Waals surface area contributed by atoms with Crippen molar-refractivity contribution in [2.24, 2.45) is 0 Å². The summed E-state index contributed by atoms with van der Waals surface area (Å²) in [6, 6.07) is 4.86. The number of hydrogen-bond donors (Lipinski definition) is 0. The fraction of sp³-hybridized carbons (Fsp3) is 0.500. The van der Waals surface area contributed by atoms with E-state index in [0.29, 0.717) is 0 Å². The van der Waals surface area contributed by atoms with Crippen LogP contribution in [0.5, 0.6) is 0 Å². The highest BCUT2D eigenvalue weighted by molar-refractivity contribution is 5.44. The Labute approximate surface area is 106 Å². The highest BCUT2D eigenvalue weighted by Gasteiger charge is 2.49. The Bertz CT molecular complexity index is 471. The second-order valence-corrected chi connectivity index (χ2v) is 4.50. The molecule has 0 spiro atoms. The second kappa shape index (κ2) is 5.14. The van der Waals surface area contributed by atoms with Gasteiger partial charge in [0.2, 0.25) is 0 Å². The third-order valence-corrected chi connectivity index (χ3v) is 3.32. The van der Waals surface area contributed by atoms with Crippen LogP contribution in [0.15, 0.2) is 24.3 Å². The van der Waals surface area contributed by atoms with Gasteiger partial charge in [-0.25, -0.2) is 17.6 Å². The van der Waals surface area contributed by atoms with E-state index in [2.05, 4.69) is 0 Å². The molecule has 0 aliphatic heterocycles. The molecule has 1 aromatic rings. The lowest BCUT2D eigenvalue weighted by Gasteiger charge is -2.34. The third-order valence-electron chi connectivity index (χ3n) is 3.32. The summed E-state index contributed by atoms with van der Waals surface area (Å²) in [5, 5.41) is 10.8. The van der Waals surface area contributed by atoms with Crippen LogP contribution in [0, 0.1) is 10.1 Å². The van der Waals surface area contributed by atoms with Crippen molar-refractivity contribution in [1.29, 1.82) is 0 Å². The van der Waals surface area contributed by atoms with Gasteiger partial charge >= 0.3 is 0 Å². The van der Waals surface area contributed by atoms with Crippen molar-refractivity contribution < 1.29 is 22.5 Å². The van der Waals surface area contributed by atoms with Crippen molar-refractivity contribution >= 4 is 5.69 Å². The molecule has 0 aromatic heterocycles. The molecule has 1 fully saturated rings. The van der Waals surface area contributed by atoms with Crippen molar-refractivity contribution in [3.63, 3.8) is 0 Å². The molecular formula is C12H11F4NO2. The molecule has 0 saturated heterocycles. The molecule has 1 saturated carbocycles. The molecule has 2 rings (SSSR count). The number of rotatable bonds is 2. The average molecular weight is 277 g/mol. The van der Waals surface area contributed by atoms with E-state index >= 15 is 0 Å². The van der Waals surface area contributed by atoms with E-state index in [-0.39, 0.29) is 5.56 Å². The fourth-order valence-electron chi connectivity index (χ4n) is 2.38. The molecule has 1 aliphatic carbocycles. The Balaban J connectivity index is 2.46. The molecule has 0 N–H and O–H groups in total. The number of alkyl halides is 4. The Morgan fingerprint density at radius 1 is 1.05 bits per heavy atom. The van der Waals surface area contributed by atoms with Crippen molar-refractivity contribution in [3.8, 4) is 0 Å². The lowest BCUT2D eigenvalue weighted by atomic mass is 9.78. The van der Waals surface area contributed by atoms with Crippen LogP contribution in [0.3, 0.4) is 0 Å². The van der Waals surface area contributed by atoms with Gasteiger partial charge in [0, 0.05) is 18.1 Å². The van der Waals surface area contributed by atoms with Crippen LogP contribution in [-0.2, 0) is 0 Å². The zero-order valence-corrected chi connectivity index (χ0v) is 9.68. The van der Waals surface area contributed by atoms with E-state index in [9.17, 15) is 27.7 Å². The van der Waals surface area contributed by atoms with Gasteiger partial charge in [0.1, 0.15) is 24.7 Å². The van der Waals surface area contributed by atoms with Gasteiger partial charge in [-0.1, -0.05) is 18.2 Å². The van der Waals surface area contributed by atoms with E-state index in [1.807, 2.05) is 0 Å². The van der Waals surface area contributed by atoms with Gasteiger partial charge in [0.15, 0.2) is 0 Å². The van der Waals surface area contributed by atoms with E-state index in [0.717, 1.165) is 12.1 Å². The molecule has 1 aliphatic rings. The maximum absolute atomic E-state index is 13.8. The van der Waals surface area contributed by atoms with Crippen LogP contribution < -0.4 is 0 Å². The Kier molecular flexibility index (Phi) is 3.73. The largest absolute Gasteiger partial charge is 0.273 e. The zero-order valence-electron chi connectivity index (χ0n) is 9.68. The minimum Gasteiger partial charge on any atom is -0.258 e. The summed E-state index contributed by atoms with van der Waals surface area (Å²) in [5.74, 6) is -1.79. The molecule has 0 amide bonds. The van der Waals surface area contributed by atoms with Crippen molar-refractivity contribution in [3.05, 3.63) is 39.9 Å². The standard InChI is InChI=1S/C12H11F4NO2/c13-7-5-8(14)12(16)10(11(7)15)6-3-1-2-4-9(6)17(18)19/h1-4,7-8,10-12H,5H2. The first-order valence-electron chi connectivity index (χ1n) is 5.73. The zero-order chi connectivity index (χ0) is 14.2. The number of nitro groups is 1. The number of nitro benzene ring substituents is 1. The summed E-state index contributed by atoms with van der Waals surface area (Å²) in [4.78, 5) is 10.00. The molecule has 1 aromatic carbocycles. The average Bonchev–Trinajstić information content (AvgIpc) is 2.37. The van der Waals surface area contributed by atoms with Gasteiger partial charge in [0.25, 0.3) is 5.69 Å². The Hall–Kier alpha value is -1.66. The van der Waals surface area contributed by atoms with Crippen LogP contribution in [-0.4, -0.2) is 29.6 Å². The summed E-state index contributed by atoms with van der Waals surface area (Å²) in [6.45, 7) is 0. The quantitative estimate of drug-likeness (QED) is 0.472. The molecule has 0 bridgehead atoms. The second-order valence-electron chi connectivity index (χ2n) is 4.50. The first-order chi connectivity index (χ1) is 8.93. The number of hydrogen-bond acceptors (Lipinski definition) is 2. The SMILES string of the molecule is O=[N+]([O-])c1ccccc1C1C(F)C(F)CC(F)C1F. The van der Waals surface area contributed by atoms with Gasteiger partial charge in [-0.2, -0.15) is 0 Å². The van der Waals surface area contributed by atoms with E-state index in [1.54, 1.807) is 0 Å². The summed E-state index contributed by atoms with van der Waals surface area (Å²) >= 11 is 0. The normalized spacial score (nSPS) is 35.1. The molecule has 0 radical (unpaired) electrons. The monoisotopic (exact) mass is 277 g/mol. The first-order valence-corrected chi connectivity index (χ1v) is 5.73. The summed E-state index contributed by atoms with van der Waals surface area (Å²) < 4.78 is 54.2. The van der Waals surface area contributed by atoms with Gasteiger partial charge < -0.3 is 0 Å². The van der Waals surface area contributed by atoms with Gasteiger partial charge in [0.05, 0.1) is 10.8 Å². The Morgan fingerprint density at radius 3 is 2.11 bits per heavy atom. The molecule has 4 unspecified atom stereocenters. The lowest BCUT2D eigenvalue weighted by Crippen LogP contribution is -2.44. The van der Waals surface area contributed by atoms with Gasteiger partial charge in [-0.05, 0) is 0 Å². The number of nitrogens with zero attached hydrogens (tertiary/aromatic N) is 1. The molecular weight excluding hydrogens is 266 g/mol. The summed E-state index contributed by atoms with van der Waals surface area (Å²) in [6.07, 6.45) is -9.76. The maximum Gasteiger partial charge on any atom is 0.273 e. The third kappa shape index (κ3) is 2.41. The molecule has 19 heavy (non-hydrogen) atoms. The van der Waals surface area contributed by atoms with E-state index < -0.39 is 47.6 Å². The smallest absolute Gasteiger partial charge is 0.258 e. The summed E-state index contributed by atoms with van der Waals surface area (Å²) in [7, 11) is 0. The van der Waals surface area contributed by atoms with Crippen LogP contribution in [0.25, 0.3) is 0 Å². The van der Waals surface area contributed by atoms with E-state index in [1.165, 1.54) is 12.1 Å². The molecule has 0 heterocycles. The molecule has 3 nitrogen and oxygen atoms in total. The van der Waals surface area contributed by atoms with E-state index in [4.69, 9.17) is 0 Å². The van der Waals surface area contributed by atoms with Crippen LogP contribution in [0.4, 0.5) is 23.2 Å². The first kappa shape index (κ1) is 13.8. The topological polar surface area (TPSA) is 43.1 Å². The fourth-order valence-corrected chi connectivity index (χ4v) is 2.38. The number of halogens is 4. The van der Waals surface area contributed by atoms with Crippen molar-refractivity contribution in [2.75, 3.05) is 0 Å². The lowest BCUT2D eigenvalue weighted by molar-refractivity contribution is -0.386. The predicted octanol–water partition coefficient (Wildman–Crippen LogP) is 3.43. The molecule has 104 valence electrons. The highest BCUT2D eigenvalue weighted by Crippen LogP contribution is 2.42. The number of para-hydroxylation sites is 1. The predicted molar refractivity (Wildman–Crippen MR) is 60.0 cm³/mol. The molecule has 7 heteroatoms. The van der Waals surface area contributed by atoms with Gasteiger partial charge in [-0.3, -0.25) is 10.1 Å². The number of benzene rings is 1. The maximum atomic E-state index is 13.8. The minimum atomic E-state index is -2.29. The Morgan fingerprint density at radius 2 is 1.58 bits per heavy atom. The van der Waals surface area contributed by atoms with Crippen molar-refractivity contribution in [2.45, 2.75) is 37.0 Å². The van der Waals surface area contributed by atoms with Crippen LogP contribution in [0.1, 0.15) is 17.9 Å². The van der Waals surface area contributed by atoms with Crippen molar-refractivity contribution in [1.82, 2.24) is 0 Å². The van der Waals surface area contributed by atoms with Gasteiger partial charge in [-0.15, -0.1) is 0 Å². The van der Waals surface area contributed by atoms with Crippen LogP contribution in [0.2, 0.25) is 0 Å². The molecule has 4 atom stereocenters. The summed E-state index contributed by atoms with van der Waals surface area (Å²) in [5.41, 5.74) is -0.836. The van der Waals surface area contributed by atoms with Crippen LogP contribution >= 0.6 is 0 Å². The highest BCUT2D eigenvalue weighted by atomic mass is 19.2.